The molecule has 0 bridgehead atoms. The average Bonchev–Trinajstić information content (AvgIpc) is 2.49. The van der Waals surface area contributed by atoms with Crippen LogP contribution >= 0.6 is 11.6 Å². The van der Waals surface area contributed by atoms with Gasteiger partial charge in [0.05, 0.1) is 7.11 Å². The smallest absolute Gasteiger partial charge is 0.122 e. The summed E-state index contributed by atoms with van der Waals surface area (Å²) in [5.74, 6) is 2.04. The second-order valence-corrected chi connectivity index (χ2v) is 6.04. The number of hydrogen-bond acceptors (Lipinski definition) is 1. The van der Waals surface area contributed by atoms with Crippen molar-refractivity contribution in [3.63, 3.8) is 0 Å². The summed E-state index contributed by atoms with van der Waals surface area (Å²) in [5.41, 5.74) is 5.14. The summed E-state index contributed by atoms with van der Waals surface area (Å²) in [7, 11) is 1.73. The first-order chi connectivity index (χ1) is 10.1. The summed E-state index contributed by atoms with van der Waals surface area (Å²) in [6.45, 7) is 4.22. The molecule has 2 aromatic rings. The van der Waals surface area contributed by atoms with Gasteiger partial charge in [-0.25, -0.2) is 0 Å². The van der Waals surface area contributed by atoms with Gasteiger partial charge in [-0.3, -0.25) is 0 Å². The third-order valence-electron chi connectivity index (χ3n) is 3.81. The molecule has 0 aliphatic carbocycles. The van der Waals surface area contributed by atoms with Crippen LogP contribution in [0.5, 0.6) is 5.75 Å². The summed E-state index contributed by atoms with van der Waals surface area (Å²) in [4.78, 5) is 0. The number of benzene rings is 2. The van der Waals surface area contributed by atoms with Gasteiger partial charge in [-0.15, -0.1) is 11.6 Å². The molecule has 0 aliphatic heterocycles. The SMILES string of the molecule is COc1ccc(C)cc1CC(CCl)Cc1ccc(C)cc1. The molecule has 1 nitrogen and oxygen atoms in total. The van der Waals surface area contributed by atoms with Crippen LogP contribution in [0.1, 0.15) is 22.3 Å². The van der Waals surface area contributed by atoms with Gasteiger partial charge in [-0.05, 0) is 49.8 Å². The van der Waals surface area contributed by atoms with E-state index in [4.69, 9.17) is 16.3 Å². The molecule has 21 heavy (non-hydrogen) atoms. The van der Waals surface area contributed by atoms with Gasteiger partial charge in [0.1, 0.15) is 5.75 Å². The molecule has 0 saturated heterocycles. The first-order valence-electron chi connectivity index (χ1n) is 7.37. The van der Waals surface area contributed by atoms with E-state index in [1.807, 2.05) is 6.07 Å². The molecule has 0 fully saturated rings. The zero-order valence-corrected chi connectivity index (χ0v) is 13.8. The van der Waals surface area contributed by atoms with Crippen LogP contribution < -0.4 is 4.74 Å². The van der Waals surface area contributed by atoms with E-state index in [-0.39, 0.29) is 0 Å². The van der Waals surface area contributed by atoms with E-state index in [1.165, 1.54) is 22.3 Å². The maximum Gasteiger partial charge on any atom is 0.122 e. The number of ether oxygens (including phenoxy) is 1. The Kier molecular flexibility index (Phi) is 5.69. The van der Waals surface area contributed by atoms with Crippen molar-refractivity contribution in [2.24, 2.45) is 5.92 Å². The quantitative estimate of drug-likeness (QED) is 0.686. The van der Waals surface area contributed by atoms with E-state index >= 15 is 0 Å². The van der Waals surface area contributed by atoms with E-state index in [1.54, 1.807) is 7.11 Å². The minimum absolute atomic E-state index is 0.421. The van der Waals surface area contributed by atoms with Crippen LogP contribution in [0.25, 0.3) is 0 Å². The summed E-state index contributed by atoms with van der Waals surface area (Å²) >= 11 is 6.19. The second kappa shape index (κ2) is 7.51. The first kappa shape index (κ1) is 15.9. The molecule has 1 unspecified atom stereocenters. The first-order valence-corrected chi connectivity index (χ1v) is 7.91. The highest BCUT2D eigenvalue weighted by Crippen LogP contribution is 2.25. The maximum absolute atomic E-state index is 6.19. The third-order valence-corrected chi connectivity index (χ3v) is 4.24. The lowest BCUT2D eigenvalue weighted by Gasteiger charge is -2.17. The Morgan fingerprint density at radius 3 is 2.24 bits per heavy atom. The van der Waals surface area contributed by atoms with Crippen LogP contribution in [0.4, 0.5) is 0 Å². The van der Waals surface area contributed by atoms with Gasteiger partial charge in [0, 0.05) is 5.88 Å². The normalized spacial score (nSPS) is 12.2. The fourth-order valence-electron chi connectivity index (χ4n) is 2.62. The predicted octanol–water partition coefficient (Wildman–Crippen LogP) is 4.95. The lowest BCUT2D eigenvalue weighted by atomic mass is 9.92. The van der Waals surface area contributed by atoms with Gasteiger partial charge < -0.3 is 4.74 Å². The van der Waals surface area contributed by atoms with Crippen molar-refractivity contribution in [2.75, 3.05) is 13.0 Å². The molecule has 112 valence electrons. The summed E-state index contributed by atoms with van der Waals surface area (Å²) < 4.78 is 5.47. The van der Waals surface area contributed by atoms with E-state index in [0.29, 0.717) is 11.8 Å². The van der Waals surface area contributed by atoms with Crippen molar-refractivity contribution in [3.8, 4) is 5.75 Å². The van der Waals surface area contributed by atoms with Gasteiger partial charge in [0.25, 0.3) is 0 Å². The number of alkyl halides is 1. The van der Waals surface area contributed by atoms with Crippen LogP contribution in [-0.2, 0) is 12.8 Å². The van der Waals surface area contributed by atoms with Crippen LogP contribution in [0.2, 0.25) is 0 Å². The Morgan fingerprint density at radius 1 is 0.952 bits per heavy atom. The molecular formula is C19H23ClO. The van der Waals surface area contributed by atoms with E-state index < -0.39 is 0 Å². The summed E-state index contributed by atoms with van der Waals surface area (Å²) in [6, 6.07) is 15.0. The highest BCUT2D eigenvalue weighted by atomic mass is 35.5. The number of rotatable bonds is 6. The number of methoxy groups -OCH3 is 1. The Morgan fingerprint density at radius 2 is 1.62 bits per heavy atom. The Bertz CT molecular complexity index is 575. The molecular weight excluding hydrogens is 280 g/mol. The fourth-order valence-corrected chi connectivity index (χ4v) is 2.83. The van der Waals surface area contributed by atoms with Crippen molar-refractivity contribution < 1.29 is 4.74 Å². The third kappa shape index (κ3) is 4.50. The van der Waals surface area contributed by atoms with Crippen LogP contribution in [-0.4, -0.2) is 13.0 Å². The van der Waals surface area contributed by atoms with Crippen LogP contribution in [0.15, 0.2) is 42.5 Å². The standard InChI is InChI=1S/C19H23ClO/c1-14-4-7-16(8-5-14)11-17(13-20)12-18-10-15(2)6-9-19(18)21-3/h4-10,17H,11-13H2,1-3H3. The molecule has 0 spiro atoms. The average molecular weight is 303 g/mol. The van der Waals surface area contributed by atoms with Crippen molar-refractivity contribution in [1.82, 2.24) is 0 Å². The van der Waals surface area contributed by atoms with Crippen LogP contribution in [0, 0.1) is 19.8 Å². The molecule has 0 radical (unpaired) electrons. The van der Waals surface area contributed by atoms with Crippen molar-refractivity contribution >= 4 is 11.6 Å². The van der Waals surface area contributed by atoms with E-state index in [0.717, 1.165) is 18.6 Å². The largest absolute Gasteiger partial charge is 0.496 e. The van der Waals surface area contributed by atoms with E-state index in [9.17, 15) is 0 Å². The zero-order chi connectivity index (χ0) is 15.2. The van der Waals surface area contributed by atoms with Crippen molar-refractivity contribution in [2.45, 2.75) is 26.7 Å². The van der Waals surface area contributed by atoms with Gasteiger partial charge in [0.15, 0.2) is 0 Å². The Balaban J connectivity index is 2.11. The van der Waals surface area contributed by atoms with Gasteiger partial charge >= 0.3 is 0 Å². The molecule has 2 heteroatoms. The molecule has 0 amide bonds. The second-order valence-electron chi connectivity index (χ2n) is 5.73. The fraction of sp³-hybridized carbons (Fsp3) is 0.368. The predicted molar refractivity (Wildman–Crippen MR) is 90.5 cm³/mol. The Labute approximate surface area is 132 Å². The van der Waals surface area contributed by atoms with Gasteiger partial charge in [-0.2, -0.15) is 0 Å². The molecule has 2 aromatic carbocycles. The summed E-state index contributed by atoms with van der Waals surface area (Å²) in [5, 5.41) is 0. The molecule has 1 atom stereocenters. The monoisotopic (exact) mass is 302 g/mol. The lowest BCUT2D eigenvalue weighted by Crippen LogP contribution is -2.11. The molecule has 0 saturated carbocycles. The molecule has 0 heterocycles. The molecule has 0 aromatic heterocycles. The Hall–Kier alpha value is -1.47. The number of halogens is 1. The van der Waals surface area contributed by atoms with Crippen molar-refractivity contribution in [1.29, 1.82) is 0 Å². The summed E-state index contributed by atoms with van der Waals surface area (Å²) in [6.07, 6.45) is 1.95. The van der Waals surface area contributed by atoms with Gasteiger partial charge in [0.2, 0.25) is 0 Å². The topological polar surface area (TPSA) is 9.23 Å². The molecule has 2 rings (SSSR count). The van der Waals surface area contributed by atoms with Gasteiger partial charge in [-0.1, -0.05) is 47.5 Å². The minimum Gasteiger partial charge on any atom is -0.496 e. The highest BCUT2D eigenvalue weighted by Gasteiger charge is 2.13. The lowest BCUT2D eigenvalue weighted by molar-refractivity contribution is 0.405. The zero-order valence-electron chi connectivity index (χ0n) is 13.0. The molecule has 0 N–H and O–H groups in total. The maximum atomic E-state index is 6.19. The molecule has 0 aliphatic rings. The minimum atomic E-state index is 0.421. The van der Waals surface area contributed by atoms with E-state index in [2.05, 4.69) is 50.2 Å². The number of aryl methyl sites for hydroxylation is 2. The van der Waals surface area contributed by atoms with Crippen LogP contribution in [0.3, 0.4) is 0 Å². The highest BCUT2D eigenvalue weighted by molar-refractivity contribution is 6.18. The number of hydrogen-bond donors (Lipinski definition) is 0. The van der Waals surface area contributed by atoms with Crippen molar-refractivity contribution in [3.05, 3.63) is 64.7 Å².